The standard InChI is InChI=1S/C21H23FN11O9PS2/c22-9-12-8(39-19(9)32-6-29-10-15(23)25-4-27-17(10)32)1-31-45(35,36)42-14-13-20(33-7-30-11-16(24)26-5-28-18(11)33)40-21(14,2-37-13)3-38-43(34,44)41-12/h4-9,12-14,19-20,31H,1-3H2,(H,34,44)(H2,23,25,27)(H2,24,26,28)/t8-,9-,12-,13-,14+,19-,20-,21-,43+/m1/s1. The first-order chi connectivity index (χ1) is 21.5. The second kappa shape index (κ2) is 10.2. The van der Waals surface area contributed by atoms with Crippen LogP contribution in [-0.4, -0.2) is 103 Å². The summed E-state index contributed by atoms with van der Waals surface area (Å²) in [6, 6.07) is 0. The summed E-state index contributed by atoms with van der Waals surface area (Å²) >= 11 is 4.09. The van der Waals surface area contributed by atoms with E-state index in [1.165, 1.54) is 34.4 Å². The van der Waals surface area contributed by atoms with Gasteiger partial charge in [0.25, 0.3) is 0 Å². The van der Waals surface area contributed by atoms with Gasteiger partial charge in [-0.3, -0.25) is 18.2 Å². The number of thiol groups is 1. The molecule has 4 saturated heterocycles. The number of imidazole rings is 2. The first kappa shape index (κ1) is 29.3. The molecule has 5 N–H and O–H groups in total. The van der Waals surface area contributed by atoms with Crippen LogP contribution in [0.2, 0.25) is 0 Å². The van der Waals surface area contributed by atoms with Crippen LogP contribution in [0.1, 0.15) is 12.5 Å². The maximum atomic E-state index is 16.0. The average Bonchev–Trinajstić information content (AvgIpc) is 3.80. The van der Waals surface area contributed by atoms with Crippen LogP contribution in [0, 0.1) is 0 Å². The van der Waals surface area contributed by atoms with Gasteiger partial charge in [-0.1, -0.05) is 12.2 Å². The Kier molecular flexibility index (Phi) is 6.63. The second-order valence-corrected chi connectivity index (χ2v) is 14.9. The molecule has 0 aromatic carbocycles. The van der Waals surface area contributed by atoms with Gasteiger partial charge in [-0.25, -0.2) is 43.0 Å². The smallest absolute Gasteiger partial charge is 0.382 e. The van der Waals surface area contributed by atoms with Gasteiger partial charge in [0.2, 0.25) is 0 Å². The number of nitrogens with two attached hydrogens (primary N) is 2. The number of anilines is 2. The molecule has 45 heavy (non-hydrogen) atoms. The van der Waals surface area contributed by atoms with Crippen molar-refractivity contribution in [1.29, 1.82) is 0 Å². The Morgan fingerprint density at radius 3 is 2.29 bits per heavy atom. The van der Waals surface area contributed by atoms with E-state index in [-0.39, 0.29) is 40.6 Å². The number of halogens is 1. The van der Waals surface area contributed by atoms with Crippen LogP contribution in [0.4, 0.5) is 16.0 Å². The number of nitrogens with zero attached hydrogens (tertiary/aromatic N) is 8. The molecule has 4 fully saturated rings. The normalized spacial score (nSPS) is 38.1. The van der Waals surface area contributed by atoms with Gasteiger partial charge in [-0.2, -0.15) is 13.1 Å². The fourth-order valence-corrected chi connectivity index (χ4v) is 8.41. The fraction of sp³-hybridized carbons (Fsp3) is 0.524. The first-order valence-electron chi connectivity index (χ1n) is 13.2. The molecule has 2 bridgehead atoms. The summed E-state index contributed by atoms with van der Waals surface area (Å²) in [7, 11) is -4.57. The minimum atomic E-state index is -4.57. The fourth-order valence-electron chi connectivity index (χ4n) is 5.91. The first-order valence-corrected chi connectivity index (χ1v) is 17.3. The quantitative estimate of drug-likeness (QED) is 0.152. The number of nitrogen functional groups attached to an aromatic ring is 2. The number of alkyl halides is 1. The summed E-state index contributed by atoms with van der Waals surface area (Å²) in [5, 5.41) is 0. The molecule has 0 radical (unpaired) electrons. The monoisotopic (exact) mass is 687 g/mol. The number of rotatable bonds is 2. The van der Waals surface area contributed by atoms with Crippen molar-refractivity contribution in [1.82, 2.24) is 43.8 Å². The van der Waals surface area contributed by atoms with Gasteiger partial charge in [-0.15, -0.1) is 0 Å². The molecule has 0 saturated carbocycles. The Balaban J connectivity index is 1.10. The van der Waals surface area contributed by atoms with Crippen molar-refractivity contribution < 1.29 is 44.8 Å². The summed E-state index contributed by atoms with van der Waals surface area (Å²) in [5.41, 5.74) is 11.0. The van der Waals surface area contributed by atoms with Crippen molar-refractivity contribution in [2.45, 2.75) is 48.6 Å². The van der Waals surface area contributed by atoms with Crippen LogP contribution >= 0.6 is 19.0 Å². The molecular formula is C21H23FN11O9PS2. The minimum absolute atomic E-state index is 0.0550. The lowest BCUT2D eigenvalue weighted by molar-refractivity contribution is -0.182. The lowest BCUT2D eigenvalue weighted by Gasteiger charge is -2.32. The van der Waals surface area contributed by atoms with Gasteiger partial charge in [0.05, 0.1) is 25.9 Å². The van der Waals surface area contributed by atoms with E-state index in [2.05, 4.69) is 46.9 Å². The highest BCUT2D eigenvalue weighted by atomic mass is 32.7. The molecule has 8 rings (SSSR count). The molecule has 0 amide bonds. The van der Waals surface area contributed by atoms with E-state index in [0.29, 0.717) is 0 Å². The molecule has 9 atom stereocenters. The van der Waals surface area contributed by atoms with Crippen LogP contribution in [0.5, 0.6) is 0 Å². The largest absolute Gasteiger partial charge is 0.386 e. The van der Waals surface area contributed by atoms with Crippen molar-refractivity contribution in [3.8, 4) is 0 Å². The summed E-state index contributed by atoms with van der Waals surface area (Å²) < 4.78 is 95.9. The SMILES string of the molecule is Nc1ncnc2c1ncn2[C@@H]1O[C@@H]2CNS(=O)(=O)O[C@H]3[C@H]4OC[C@]3(CO[P@](=O)(S)O[C@H]2[C@H]1F)O[C@H]4n1cnc2c(N)ncnc21. The number of hydrogen-bond donors (Lipinski definition) is 4. The molecule has 0 unspecified atom stereocenters. The molecule has 4 aromatic heterocycles. The van der Waals surface area contributed by atoms with Crippen LogP contribution < -0.4 is 16.2 Å². The Labute approximate surface area is 256 Å². The number of nitrogens with one attached hydrogen (secondary N) is 1. The van der Waals surface area contributed by atoms with E-state index in [1.54, 1.807) is 0 Å². The molecule has 24 heteroatoms. The average molecular weight is 688 g/mol. The number of hydrogen-bond acceptors (Lipinski definition) is 17. The number of fused-ring (bicyclic) bond motifs is 3. The van der Waals surface area contributed by atoms with Crippen molar-refractivity contribution >= 4 is 63.3 Å². The van der Waals surface area contributed by atoms with Gasteiger partial charge in [-0.05, 0) is 0 Å². The predicted octanol–water partition coefficient (Wildman–Crippen LogP) is -0.595. The van der Waals surface area contributed by atoms with Gasteiger partial charge >= 0.3 is 17.1 Å². The lowest BCUT2D eigenvalue weighted by Crippen LogP contribution is -2.49. The molecule has 4 aromatic rings. The summed E-state index contributed by atoms with van der Waals surface area (Å²) in [4.78, 5) is 24.4. The number of ether oxygens (including phenoxy) is 3. The maximum Gasteiger partial charge on any atom is 0.386 e. The topological polar surface area (TPSA) is 258 Å². The zero-order valence-corrected chi connectivity index (χ0v) is 25.2. The van der Waals surface area contributed by atoms with Gasteiger partial charge in [0, 0.05) is 6.54 Å². The zero-order valence-electron chi connectivity index (χ0n) is 22.6. The summed E-state index contributed by atoms with van der Waals surface area (Å²) in [6.07, 6.45) is -4.77. The predicted molar refractivity (Wildman–Crippen MR) is 150 cm³/mol. The molecule has 240 valence electrons. The third-order valence-electron chi connectivity index (χ3n) is 7.98. The van der Waals surface area contributed by atoms with Gasteiger partial charge in [0.15, 0.2) is 41.6 Å². The lowest BCUT2D eigenvalue weighted by atomic mass is 10.0. The van der Waals surface area contributed by atoms with Gasteiger partial charge in [0.1, 0.15) is 53.7 Å². The van der Waals surface area contributed by atoms with Crippen molar-refractivity contribution in [3.05, 3.63) is 25.3 Å². The van der Waals surface area contributed by atoms with Crippen LogP contribution in [-0.2, 0) is 42.3 Å². The summed E-state index contributed by atoms with van der Waals surface area (Å²) in [6.45, 7) is -5.72. The maximum absolute atomic E-state index is 16.0. The second-order valence-electron chi connectivity index (χ2n) is 10.7. The Hall–Kier alpha value is -3.12. The third-order valence-corrected chi connectivity index (χ3v) is 10.6. The Morgan fingerprint density at radius 1 is 0.978 bits per heavy atom. The summed E-state index contributed by atoms with van der Waals surface area (Å²) in [5.74, 6) is 0.172. The van der Waals surface area contributed by atoms with E-state index in [0.717, 1.165) is 0 Å². The molecular weight excluding hydrogens is 664 g/mol. The van der Waals surface area contributed by atoms with E-state index in [4.69, 9.17) is 38.9 Å². The van der Waals surface area contributed by atoms with E-state index >= 15 is 4.39 Å². The van der Waals surface area contributed by atoms with E-state index in [1.807, 2.05) is 0 Å². The van der Waals surface area contributed by atoms with Crippen LogP contribution in [0.3, 0.4) is 0 Å². The van der Waals surface area contributed by atoms with E-state index in [9.17, 15) is 13.0 Å². The Morgan fingerprint density at radius 2 is 1.62 bits per heavy atom. The molecule has 8 heterocycles. The third kappa shape index (κ3) is 4.68. The highest BCUT2D eigenvalue weighted by molar-refractivity contribution is 8.44. The zero-order chi connectivity index (χ0) is 31.3. The van der Waals surface area contributed by atoms with Crippen molar-refractivity contribution in [2.75, 3.05) is 31.2 Å². The van der Waals surface area contributed by atoms with Crippen LogP contribution in [0.25, 0.3) is 22.3 Å². The van der Waals surface area contributed by atoms with Gasteiger partial charge < -0.3 is 25.7 Å². The highest BCUT2D eigenvalue weighted by Gasteiger charge is 2.65. The molecule has 4 aliphatic rings. The molecule has 4 aliphatic heterocycles. The molecule has 0 spiro atoms. The Bertz CT molecular complexity index is 1990. The minimum Gasteiger partial charge on any atom is -0.382 e. The molecule has 20 nitrogen and oxygen atoms in total. The van der Waals surface area contributed by atoms with Crippen LogP contribution in [0.15, 0.2) is 25.3 Å². The highest BCUT2D eigenvalue weighted by Crippen LogP contribution is 2.59. The van der Waals surface area contributed by atoms with E-state index < -0.39 is 78.9 Å². The van der Waals surface area contributed by atoms with Crippen molar-refractivity contribution in [3.63, 3.8) is 0 Å². The molecule has 0 aliphatic carbocycles. The number of aromatic nitrogens is 8. The van der Waals surface area contributed by atoms with Crippen molar-refractivity contribution in [2.24, 2.45) is 0 Å².